The summed E-state index contributed by atoms with van der Waals surface area (Å²) in [5.41, 5.74) is 2.41. The highest BCUT2D eigenvalue weighted by Crippen LogP contribution is 2.39. The number of ether oxygens (including phenoxy) is 3. The molecular weight excluding hydrogens is 531 g/mol. The standard InChI is InChI=1S/C31H29FN2O5S/c1-31(2,21-6-12-26(36-3)27(18-21)37-4)28-19-33-30(34(28)23-9-7-22(32)8-10-23)40-16-15-38-24-11-13-25-20(17-24)5-14-29(35)39-25/h5-14,17-19H,15-16H2,1-4H3. The van der Waals surface area contributed by atoms with Gasteiger partial charge in [-0.05, 0) is 66.2 Å². The zero-order valence-corrected chi connectivity index (χ0v) is 23.5. The zero-order chi connectivity index (χ0) is 28.3. The summed E-state index contributed by atoms with van der Waals surface area (Å²) in [5, 5.41) is 1.55. The first-order valence-corrected chi connectivity index (χ1v) is 13.6. The number of rotatable bonds is 10. The zero-order valence-electron chi connectivity index (χ0n) is 22.6. The lowest BCUT2D eigenvalue weighted by atomic mass is 9.81. The molecule has 0 radical (unpaired) electrons. The fraction of sp³-hybridized carbons (Fsp3) is 0.226. The van der Waals surface area contributed by atoms with Gasteiger partial charge in [-0.15, -0.1) is 0 Å². The molecular formula is C31H29FN2O5S. The number of benzene rings is 3. The van der Waals surface area contributed by atoms with Gasteiger partial charge in [0.1, 0.15) is 17.1 Å². The minimum Gasteiger partial charge on any atom is -0.493 e. The van der Waals surface area contributed by atoms with Gasteiger partial charge in [0.25, 0.3) is 0 Å². The van der Waals surface area contributed by atoms with E-state index in [0.717, 1.165) is 27.5 Å². The fourth-order valence-corrected chi connectivity index (χ4v) is 5.33. The largest absolute Gasteiger partial charge is 0.493 e. The normalized spacial score (nSPS) is 11.5. The summed E-state index contributed by atoms with van der Waals surface area (Å²) >= 11 is 1.55. The van der Waals surface area contributed by atoms with Gasteiger partial charge in [0, 0.05) is 28.3 Å². The van der Waals surface area contributed by atoms with Crippen molar-refractivity contribution in [3.63, 3.8) is 0 Å². The highest BCUT2D eigenvalue weighted by Gasteiger charge is 2.30. The Morgan fingerprint density at radius 1 is 0.950 bits per heavy atom. The van der Waals surface area contributed by atoms with Crippen LogP contribution in [0.3, 0.4) is 0 Å². The number of thioether (sulfide) groups is 1. The number of fused-ring (bicyclic) bond motifs is 1. The van der Waals surface area contributed by atoms with Crippen molar-refractivity contribution in [3.05, 3.63) is 106 Å². The summed E-state index contributed by atoms with van der Waals surface area (Å²) in [5.74, 6) is 2.29. The maximum absolute atomic E-state index is 13.8. The summed E-state index contributed by atoms with van der Waals surface area (Å²) in [4.78, 5) is 16.2. The second-order valence-corrected chi connectivity index (χ2v) is 10.6. The van der Waals surface area contributed by atoms with Crippen LogP contribution in [0.15, 0.2) is 93.4 Å². The van der Waals surface area contributed by atoms with Crippen LogP contribution in [0, 0.1) is 5.82 Å². The van der Waals surface area contributed by atoms with Crippen LogP contribution in [0.25, 0.3) is 16.7 Å². The third-order valence-electron chi connectivity index (χ3n) is 6.73. The van der Waals surface area contributed by atoms with Crippen molar-refractivity contribution in [1.82, 2.24) is 9.55 Å². The molecule has 3 aromatic carbocycles. The molecule has 0 aliphatic rings. The Labute approximate surface area is 235 Å². The molecule has 9 heteroatoms. The van der Waals surface area contributed by atoms with Crippen LogP contribution >= 0.6 is 11.8 Å². The van der Waals surface area contributed by atoms with Crippen LogP contribution in [0.2, 0.25) is 0 Å². The van der Waals surface area contributed by atoms with E-state index in [1.54, 1.807) is 56.3 Å². The minimum absolute atomic E-state index is 0.304. The van der Waals surface area contributed by atoms with Crippen molar-refractivity contribution in [2.24, 2.45) is 0 Å². The Balaban J connectivity index is 1.40. The second kappa shape index (κ2) is 11.5. The van der Waals surface area contributed by atoms with Crippen molar-refractivity contribution in [3.8, 4) is 22.9 Å². The predicted molar refractivity (Wildman–Crippen MR) is 154 cm³/mol. The summed E-state index contributed by atoms with van der Waals surface area (Å²) in [6, 6.07) is 20.7. The Kier molecular flexibility index (Phi) is 7.84. The summed E-state index contributed by atoms with van der Waals surface area (Å²) in [7, 11) is 3.22. The molecule has 7 nitrogen and oxygen atoms in total. The molecule has 0 spiro atoms. The van der Waals surface area contributed by atoms with Gasteiger partial charge in [0.05, 0.1) is 32.7 Å². The number of hydrogen-bond donors (Lipinski definition) is 0. The van der Waals surface area contributed by atoms with Crippen molar-refractivity contribution in [2.75, 3.05) is 26.6 Å². The maximum atomic E-state index is 13.8. The molecule has 0 saturated carbocycles. The van der Waals surface area contributed by atoms with Gasteiger partial charge in [-0.25, -0.2) is 14.2 Å². The first-order valence-electron chi connectivity index (χ1n) is 12.7. The maximum Gasteiger partial charge on any atom is 0.336 e. The topological polar surface area (TPSA) is 75.7 Å². The van der Waals surface area contributed by atoms with E-state index in [1.807, 2.05) is 30.5 Å². The lowest BCUT2D eigenvalue weighted by Gasteiger charge is -2.28. The SMILES string of the molecule is COc1ccc(C(C)(C)c2cnc(SCCOc3ccc4oc(=O)ccc4c3)n2-c2ccc(F)cc2)cc1OC. The lowest BCUT2D eigenvalue weighted by Crippen LogP contribution is -2.23. The van der Waals surface area contributed by atoms with E-state index >= 15 is 0 Å². The van der Waals surface area contributed by atoms with Crippen LogP contribution in [-0.4, -0.2) is 36.1 Å². The molecule has 206 valence electrons. The molecule has 0 unspecified atom stereocenters. The first-order chi connectivity index (χ1) is 19.3. The molecule has 5 aromatic rings. The minimum atomic E-state index is -0.476. The summed E-state index contributed by atoms with van der Waals surface area (Å²) < 4.78 is 38.0. The number of methoxy groups -OCH3 is 2. The Morgan fingerprint density at radius 3 is 2.48 bits per heavy atom. The van der Waals surface area contributed by atoms with Crippen molar-refractivity contribution < 1.29 is 23.0 Å². The van der Waals surface area contributed by atoms with Gasteiger partial charge in [0.15, 0.2) is 16.7 Å². The van der Waals surface area contributed by atoms with Gasteiger partial charge in [-0.1, -0.05) is 31.7 Å². The quantitative estimate of drug-likeness (QED) is 0.108. The molecule has 40 heavy (non-hydrogen) atoms. The Morgan fingerprint density at radius 2 is 1.73 bits per heavy atom. The van der Waals surface area contributed by atoms with Gasteiger partial charge < -0.3 is 18.6 Å². The molecule has 0 fully saturated rings. The van der Waals surface area contributed by atoms with Crippen LogP contribution in [-0.2, 0) is 5.41 Å². The average molecular weight is 561 g/mol. The number of hydrogen-bond acceptors (Lipinski definition) is 7. The Bertz CT molecular complexity index is 1690. The van der Waals surface area contributed by atoms with E-state index in [0.29, 0.717) is 35.2 Å². The van der Waals surface area contributed by atoms with Crippen molar-refractivity contribution in [2.45, 2.75) is 24.4 Å². The molecule has 2 heterocycles. The summed E-state index contributed by atoms with van der Waals surface area (Å²) in [6.07, 6.45) is 1.86. The lowest BCUT2D eigenvalue weighted by molar-refractivity contribution is 0.344. The van der Waals surface area contributed by atoms with Crippen LogP contribution in [0.1, 0.15) is 25.1 Å². The number of halogens is 1. The van der Waals surface area contributed by atoms with Gasteiger partial charge in [0.2, 0.25) is 0 Å². The molecule has 0 aliphatic carbocycles. The smallest absolute Gasteiger partial charge is 0.336 e. The van der Waals surface area contributed by atoms with Crippen molar-refractivity contribution >= 4 is 22.7 Å². The molecule has 0 aliphatic heterocycles. The van der Waals surface area contributed by atoms with Gasteiger partial charge in [-0.3, -0.25) is 4.57 Å². The number of nitrogens with zero attached hydrogens (tertiary/aromatic N) is 2. The predicted octanol–water partition coefficient (Wildman–Crippen LogP) is 6.63. The van der Waals surface area contributed by atoms with E-state index < -0.39 is 5.41 Å². The van der Waals surface area contributed by atoms with E-state index in [9.17, 15) is 9.18 Å². The van der Waals surface area contributed by atoms with E-state index in [-0.39, 0.29) is 11.4 Å². The molecule has 2 aromatic heterocycles. The Hall–Kier alpha value is -4.24. The van der Waals surface area contributed by atoms with Crippen LogP contribution in [0.5, 0.6) is 17.2 Å². The van der Waals surface area contributed by atoms with E-state index in [1.165, 1.54) is 18.2 Å². The third-order valence-corrected chi connectivity index (χ3v) is 7.65. The highest BCUT2D eigenvalue weighted by molar-refractivity contribution is 7.99. The molecule has 0 bridgehead atoms. The number of aromatic nitrogens is 2. The molecule has 0 N–H and O–H groups in total. The molecule has 0 atom stereocenters. The van der Waals surface area contributed by atoms with Crippen molar-refractivity contribution in [1.29, 1.82) is 0 Å². The van der Waals surface area contributed by atoms with Gasteiger partial charge >= 0.3 is 5.63 Å². The van der Waals surface area contributed by atoms with E-state index in [2.05, 4.69) is 18.4 Å². The third kappa shape index (κ3) is 5.56. The first kappa shape index (κ1) is 27.3. The average Bonchev–Trinajstić information content (AvgIpc) is 3.40. The highest BCUT2D eigenvalue weighted by atomic mass is 32.2. The van der Waals surface area contributed by atoms with Crippen LogP contribution < -0.4 is 19.8 Å². The fourth-order valence-electron chi connectivity index (χ4n) is 4.52. The van der Waals surface area contributed by atoms with Crippen LogP contribution in [0.4, 0.5) is 4.39 Å². The number of imidazole rings is 1. The molecule has 0 saturated heterocycles. The van der Waals surface area contributed by atoms with Gasteiger partial charge in [-0.2, -0.15) is 0 Å². The molecule has 5 rings (SSSR count). The van der Waals surface area contributed by atoms with E-state index in [4.69, 9.17) is 23.6 Å². The summed E-state index contributed by atoms with van der Waals surface area (Å²) in [6.45, 7) is 4.66. The second-order valence-electron chi connectivity index (χ2n) is 9.58. The molecule has 0 amide bonds. The monoisotopic (exact) mass is 560 g/mol.